The molecule has 0 atom stereocenters. The molecule has 1 aromatic carbocycles. The van der Waals surface area contributed by atoms with Crippen molar-refractivity contribution in [1.82, 2.24) is 0 Å². The Kier molecular flexibility index (Phi) is 13.7. The van der Waals surface area contributed by atoms with Gasteiger partial charge in [0.05, 0.1) is 11.4 Å². The molecule has 0 aliphatic carbocycles. The first-order valence-corrected chi connectivity index (χ1v) is 2.40. The van der Waals surface area contributed by atoms with Crippen molar-refractivity contribution in [3.05, 3.63) is 31.7 Å². The van der Waals surface area contributed by atoms with Crippen molar-refractivity contribution in [2.45, 2.75) is 0 Å². The molecule has 0 bridgehead atoms. The maximum absolute atomic E-state index is 5.39. The zero-order valence-corrected chi connectivity index (χ0v) is 10.7. The molecule has 2 nitrogen and oxygen atoms in total. The van der Waals surface area contributed by atoms with Crippen LogP contribution in [0, 0.1) is 7.43 Å². The van der Waals surface area contributed by atoms with E-state index in [4.69, 9.17) is 11.5 Å². The van der Waals surface area contributed by atoms with Gasteiger partial charge in [0, 0.05) is 51.3 Å². The first-order chi connectivity index (χ1) is 3.80. The van der Waals surface area contributed by atoms with Gasteiger partial charge in [0.15, 0.2) is 0 Å². The fourth-order valence-corrected chi connectivity index (χ4v) is 0.511. The van der Waals surface area contributed by atoms with E-state index in [2.05, 4.69) is 0 Å². The van der Waals surface area contributed by atoms with Crippen LogP contribution in [-0.4, -0.2) is 0 Å². The van der Waals surface area contributed by atoms with Gasteiger partial charge in [0.1, 0.15) is 0 Å². The molecule has 0 heterocycles. The van der Waals surface area contributed by atoms with Crippen LogP contribution in [0.4, 0.5) is 11.4 Å². The molecular formula is C7H11N2VY-. The third kappa shape index (κ3) is 5.74. The molecule has 1 rings (SSSR count). The molecule has 1 aromatic rings. The van der Waals surface area contributed by atoms with Gasteiger partial charge in [-0.2, -0.15) is 0 Å². The van der Waals surface area contributed by atoms with Gasteiger partial charge in [-0.3, -0.25) is 0 Å². The number of rotatable bonds is 0. The Morgan fingerprint density at radius 3 is 1.36 bits per heavy atom. The number of benzene rings is 1. The fraction of sp³-hybridized carbons (Fsp3) is 0. The Morgan fingerprint density at radius 1 is 0.909 bits per heavy atom. The van der Waals surface area contributed by atoms with Crippen LogP contribution in [0.2, 0.25) is 0 Å². The molecule has 11 heavy (non-hydrogen) atoms. The Hall–Kier alpha value is 0.508. The number of nitrogen functional groups attached to an aromatic ring is 2. The standard InChI is InChI=1S/C6H8N2.CH3.V.Y/c7-5-3-1-2-4-6(5)8;;;/h1-4H,7-8H2;1H3;;/q;-1;;. The summed E-state index contributed by atoms with van der Waals surface area (Å²) in [6.45, 7) is 0. The molecular weight excluding hydrogens is 252 g/mol. The quantitative estimate of drug-likeness (QED) is 0.547. The van der Waals surface area contributed by atoms with Crippen molar-refractivity contribution >= 4 is 11.4 Å². The number of para-hydroxylation sites is 2. The number of nitrogens with two attached hydrogens (primary N) is 2. The molecule has 0 aliphatic heterocycles. The van der Waals surface area contributed by atoms with Crippen LogP contribution in [0.15, 0.2) is 24.3 Å². The number of hydrogen-bond donors (Lipinski definition) is 2. The summed E-state index contributed by atoms with van der Waals surface area (Å²) in [6, 6.07) is 7.25. The fourth-order valence-electron chi connectivity index (χ4n) is 0.511. The largest absolute Gasteiger partial charge is 0.397 e. The first kappa shape index (κ1) is 17.6. The van der Waals surface area contributed by atoms with Crippen LogP contribution in [0.25, 0.3) is 0 Å². The van der Waals surface area contributed by atoms with E-state index in [0.29, 0.717) is 11.4 Å². The smallest absolute Gasteiger partial charge is 0.0547 e. The minimum atomic E-state index is 0. The predicted molar refractivity (Wildman–Crippen MR) is 41.7 cm³/mol. The van der Waals surface area contributed by atoms with Gasteiger partial charge in [-0.05, 0) is 12.1 Å². The Bertz CT molecular complexity index is 173. The van der Waals surface area contributed by atoms with Crippen molar-refractivity contribution in [1.29, 1.82) is 0 Å². The van der Waals surface area contributed by atoms with Crippen molar-refractivity contribution in [2.24, 2.45) is 0 Å². The average Bonchev–Trinajstić information content (AvgIpc) is 1.77. The summed E-state index contributed by atoms with van der Waals surface area (Å²) in [5.41, 5.74) is 12.1. The van der Waals surface area contributed by atoms with E-state index in [1.807, 2.05) is 12.1 Å². The molecule has 58 valence electrons. The van der Waals surface area contributed by atoms with E-state index < -0.39 is 0 Å². The van der Waals surface area contributed by atoms with E-state index in [1.54, 1.807) is 12.1 Å². The number of anilines is 2. The molecule has 0 aliphatic rings. The van der Waals surface area contributed by atoms with Gasteiger partial charge in [-0.1, -0.05) is 12.1 Å². The van der Waals surface area contributed by atoms with E-state index >= 15 is 0 Å². The summed E-state index contributed by atoms with van der Waals surface area (Å²) >= 11 is 0. The zero-order valence-electron chi connectivity index (χ0n) is 6.49. The summed E-state index contributed by atoms with van der Waals surface area (Å²) in [5, 5.41) is 0. The van der Waals surface area contributed by atoms with Gasteiger partial charge >= 0.3 is 0 Å². The molecule has 0 saturated heterocycles. The molecule has 0 fully saturated rings. The molecule has 4 N–H and O–H groups in total. The van der Waals surface area contributed by atoms with E-state index in [9.17, 15) is 0 Å². The van der Waals surface area contributed by atoms with Gasteiger partial charge in [0.2, 0.25) is 0 Å². The molecule has 0 amide bonds. The van der Waals surface area contributed by atoms with Crippen LogP contribution in [0.5, 0.6) is 0 Å². The second-order valence-electron chi connectivity index (χ2n) is 1.63. The third-order valence-electron chi connectivity index (χ3n) is 0.996. The van der Waals surface area contributed by atoms with Gasteiger partial charge in [-0.15, -0.1) is 0 Å². The predicted octanol–water partition coefficient (Wildman–Crippen LogP) is 1.30. The second kappa shape index (κ2) is 8.60. The van der Waals surface area contributed by atoms with Crippen molar-refractivity contribution in [3.8, 4) is 0 Å². The summed E-state index contributed by atoms with van der Waals surface area (Å²) in [5.74, 6) is 0. The molecule has 0 saturated carbocycles. The second-order valence-corrected chi connectivity index (χ2v) is 1.63. The van der Waals surface area contributed by atoms with Gasteiger partial charge < -0.3 is 18.9 Å². The van der Waals surface area contributed by atoms with Crippen LogP contribution in [0.3, 0.4) is 0 Å². The van der Waals surface area contributed by atoms with E-state index in [1.165, 1.54) is 0 Å². The maximum atomic E-state index is 5.39. The summed E-state index contributed by atoms with van der Waals surface area (Å²) in [4.78, 5) is 0. The Morgan fingerprint density at radius 2 is 1.18 bits per heavy atom. The Balaban J connectivity index is -0.000000213. The zero-order chi connectivity index (χ0) is 5.98. The van der Waals surface area contributed by atoms with Gasteiger partial charge in [-0.25, -0.2) is 0 Å². The monoisotopic (exact) mass is 263 g/mol. The van der Waals surface area contributed by atoms with E-state index in [-0.39, 0.29) is 58.7 Å². The van der Waals surface area contributed by atoms with Crippen LogP contribution in [0.1, 0.15) is 0 Å². The summed E-state index contributed by atoms with van der Waals surface area (Å²) < 4.78 is 0. The molecule has 0 unspecified atom stereocenters. The molecule has 0 spiro atoms. The Labute approximate surface area is 105 Å². The maximum Gasteiger partial charge on any atom is 0.0547 e. The molecule has 4 heteroatoms. The minimum absolute atomic E-state index is 0. The van der Waals surface area contributed by atoms with Crippen molar-refractivity contribution in [2.75, 3.05) is 11.5 Å². The first-order valence-electron chi connectivity index (χ1n) is 2.40. The SMILES string of the molecule is Nc1ccccc1N.[CH3-].[V].[Y]. The van der Waals surface area contributed by atoms with Crippen LogP contribution in [-0.2, 0) is 51.3 Å². The van der Waals surface area contributed by atoms with Gasteiger partial charge in [0.25, 0.3) is 0 Å². The topological polar surface area (TPSA) is 52.0 Å². The van der Waals surface area contributed by atoms with Crippen molar-refractivity contribution < 1.29 is 51.3 Å². The third-order valence-corrected chi connectivity index (χ3v) is 0.996. The molecule has 0 aromatic heterocycles. The minimum Gasteiger partial charge on any atom is -0.397 e. The van der Waals surface area contributed by atoms with Crippen molar-refractivity contribution in [3.63, 3.8) is 0 Å². The average molecular weight is 263 g/mol. The summed E-state index contributed by atoms with van der Waals surface area (Å²) in [7, 11) is 0. The number of hydrogen-bond acceptors (Lipinski definition) is 2. The van der Waals surface area contributed by atoms with Crippen LogP contribution < -0.4 is 11.5 Å². The van der Waals surface area contributed by atoms with Crippen LogP contribution >= 0.6 is 0 Å². The summed E-state index contributed by atoms with van der Waals surface area (Å²) in [6.07, 6.45) is 0. The molecule has 2 radical (unpaired) electrons. The van der Waals surface area contributed by atoms with E-state index in [0.717, 1.165) is 0 Å². The normalized spacial score (nSPS) is 6.55.